The van der Waals surface area contributed by atoms with Crippen molar-refractivity contribution in [3.8, 4) is 5.88 Å². The fourth-order valence-corrected chi connectivity index (χ4v) is 2.42. The zero-order valence-electron chi connectivity index (χ0n) is 13.0. The average molecular weight is 328 g/mol. The molecule has 0 saturated carbocycles. The molecule has 0 aliphatic carbocycles. The second-order valence-corrected chi connectivity index (χ2v) is 5.16. The van der Waals surface area contributed by atoms with Gasteiger partial charge in [-0.15, -0.1) is 0 Å². The third-order valence-corrected chi connectivity index (χ3v) is 3.50. The van der Waals surface area contributed by atoms with Crippen molar-refractivity contribution in [2.45, 2.75) is 13.3 Å². The van der Waals surface area contributed by atoms with Gasteiger partial charge in [0.25, 0.3) is 0 Å². The summed E-state index contributed by atoms with van der Waals surface area (Å²) in [6, 6.07) is 0. The van der Waals surface area contributed by atoms with E-state index in [0.29, 0.717) is 17.4 Å². The lowest BCUT2D eigenvalue weighted by atomic mass is 10.3. The summed E-state index contributed by atoms with van der Waals surface area (Å²) in [5.74, 6) is 0.901. The number of nitrogens with zero attached hydrogens (tertiary/aromatic N) is 4. The number of hydrogen-bond donors (Lipinski definition) is 1. The van der Waals surface area contributed by atoms with Gasteiger partial charge < -0.3 is 14.8 Å². The van der Waals surface area contributed by atoms with E-state index in [9.17, 15) is 0 Å². The predicted octanol–water partition coefficient (Wildman–Crippen LogP) is 1.99. The summed E-state index contributed by atoms with van der Waals surface area (Å²) in [7, 11) is 1.55. The van der Waals surface area contributed by atoms with Crippen LogP contribution in [0.15, 0.2) is 4.99 Å². The zero-order valence-corrected chi connectivity index (χ0v) is 13.8. The van der Waals surface area contributed by atoms with Crippen molar-refractivity contribution in [3.05, 3.63) is 5.28 Å². The number of ether oxygens (including phenoxy) is 2. The molecule has 0 amide bonds. The lowest BCUT2D eigenvalue weighted by molar-refractivity contribution is 0.0378. The summed E-state index contributed by atoms with van der Waals surface area (Å²) >= 11 is 5.88. The lowest BCUT2D eigenvalue weighted by Crippen LogP contribution is -2.37. The van der Waals surface area contributed by atoms with Gasteiger partial charge in [-0.3, -0.25) is 4.90 Å². The maximum absolute atomic E-state index is 5.88. The van der Waals surface area contributed by atoms with Crippen LogP contribution in [0.4, 0.5) is 11.5 Å². The van der Waals surface area contributed by atoms with Gasteiger partial charge in [-0.1, -0.05) is 0 Å². The molecule has 1 saturated heterocycles. The molecule has 8 heteroatoms. The number of rotatable bonds is 7. The number of nitrogens with one attached hydrogen (secondary N) is 1. The number of morpholine rings is 1. The first-order valence-electron chi connectivity index (χ1n) is 7.38. The largest absolute Gasteiger partial charge is 0.479 e. The molecule has 2 heterocycles. The van der Waals surface area contributed by atoms with Crippen molar-refractivity contribution in [2.24, 2.45) is 4.99 Å². The van der Waals surface area contributed by atoms with Crippen LogP contribution in [0.2, 0.25) is 5.28 Å². The maximum Gasteiger partial charge on any atom is 0.243 e. The van der Waals surface area contributed by atoms with E-state index in [0.717, 1.165) is 45.8 Å². The molecular formula is C14H22ClN5O2. The van der Waals surface area contributed by atoms with Crippen LogP contribution in [0.5, 0.6) is 5.88 Å². The van der Waals surface area contributed by atoms with Gasteiger partial charge in [0.05, 0.1) is 20.3 Å². The summed E-state index contributed by atoms with van der Waals surface area (Å²) < 4.78 is 10.6. The molecule has 1 N–H and O–H groups in total. The molecule has 22 heavy (non-hydrogen) atoms. The van der Waals surface area contributed by atoms with E-state index in [-0.39, 0.29) is 5.28 Å². The first-order chi connectivity index (χ1) is 10.7. The van der Waals surface area contributed by atoms with Crippen LogP contribution in [-0.2, 0) is 4.74 Å². The Bertz CT molecular complexity index is 506. The van der Waals surface area contributed by atoms with Crippen LogP contribution in [0.3, 0.4) is 0 Å². The van der Waals surface area contributed by atoms with E-state index in [2.05, 4.69) is 25.2 Å². The molecule has 122 valence electrons. The molecule has 0 aromatic carbocycles. The Morgan fingerprint density at radius 3 is 2.86 bits per heavy atom. The van der Waals surface area contributed by atoms with Crippen LogP contribution < -0.4 is 10.1 Å². The Hall–Kier alpha value is -1.44. The Morgan fingerprint density at radius 2 is 2.18 bits per heavy atom. The molecule has 1 aromatic rings. The number of anilines is 1. The molecule has 0 unspecified atom stereocenters. The fourth-order valence-electron chi connectivity index (χ4n) is 2.26. The SMILES string of the molecule is CC=Nc1nc(Cl)nc(OC)c1NCCCN1CCOCC1. The third-order valence-electron chi connectivity index (χ3n) is 3.33. The molecule has 1 aromatic heterocycles. The Balaban J connectivity index is 1.93. The predicted molar refractivity (Wildman–Crippen MR) is 87.8 cm³/mol. The first kappa shape index (κ1) is 16.9. The molecular weight excluding hydrogens is 306 g/mol. The summed E-state index contributed by atoms with van der Waals surface area (Å²) in [6.07, 6.45) is 2.66. The Labute approximate surface area is 135 Å². The van der Waals surface area contributed by atoms with Gasteiger partial charge >= 0.3 is 0 Å². The normalized spacial score (nSPS) is 16.1. The second kappa shape index (κ2) is 8.87. The standard InChI is InChI=1S/C14H22ClN5O2/c1-3-16-12-11(13(21-2)19-14(15)18-12)17-5-4-6-20-7-9-22-10-8-20/h3,17H,4-10H2,1-2H3. The summed E-state index contributed by atoms with van der Waals surface area (Å²) in [4.78, 5) is 14.8. The van der Waals surface area contributed by atoms with E-state index >= 15 is 0 Å². The maximum atomic E-state index is 5.88. The molecule has 2 rings (SSSR count). The van der Waals surface area contributed by atoms with E-state index in [1.807, 2.05) is 6.92 Å². The highest BCUT2D eigenvalue weighted by Gasteiger charge is 2.14. The quantitative estimate of drug-likeness (QED) is 0.469. The number of aliphatic imine (C=N–C) groups is 1. The number of halogens is 1. The number of hydrogen-bond acceptors (Lipinski definition) is 7. The molecule has 7 nitrogen and oxygen atoms in total. The van der Waals surface area contributed by atoms with Crippen LogP contribution in [0, 0.1) is 0 Å². The molecule has 1 fully saturated rings. The van der Waals surface area contributed by atoms with Crippen LogP contribution in [0.1, 0.15) is 13.3 Å². The topological polar surface area (TPSA) is 71.9 Å². The third kappa shape index (κ3) is 4.79. The highest BCUT2D eigenvalue weighted by atomic mass is 35.5. The fraction of sp³-hybridized carbons (Fsp3) is 0.643. The number of aromatic nitrogens is 2. The Morgan fingerprint density at radius 1 is 1.41 bits per heavy atom. The van der Waals surface area contributed by atoms with Crippen LogP contribution in [-0.4, -0.2) is 67.6 Å². The molecule has 0 atom stereocenters. The first-order valence-corrected chi connectivity index (χ1v) is 7.76. The average Bonchev–Trinajstić information content (AvgIpc) is 2.54. The highest BCUT2D eigenvalue weighted by Crippen LogP contribution is 2.32. The summed E-state index contributed by atoms with van der Waals surface area (Å²) in [5, 5.41) is 3.43. The monoisotopic (exact) mass is 327 g/mol. The van der Waals surface area contributed by atoms with Crippen molar-refractivity contribution >= 4 is 29.3 Å². The van der Waals surface area contributed by atoms with Gasteiger partial charge in [0.1, 0.15) is 5.69 Å². The van der Waals surface area contributed by atoms with Gasteiger partial charge in [-0.25, -0.2) is 4.99 Å². The van der Waals surface area contributed by atoms with Gasteiger partial charge in [0.15, 0.2) is 5.82 Å². The van der Waals surface area contributed by atoms with Crippen molar-refractivity contribution in [2.75, 3.05) is 51.8 Å². The minimum absolute atomic E-state index is 0.122. The van der Waals surface area contributed by atoms with Crippen LogP contribution in [0.25, 0.3) is 0 Å². The molecule has 0 spiro atoms. The second-order valence-electron chi connectivity index (χ2n) is 4.82. The summed E-state index contributed by atoms with van der Waals surface area (Å²) in [5.41, 5.74) is 0.673. The van der Waals surface area contributed by atoms with E-state index in [1.165, 1.54) is 0 Å². The minimum Gasteiger partial charge on any atom is -0.479 e. The molecule has 0 bridgehead atoms. The van der Waals surface area contributed by atoms with Crippen molar-refractivity contribution < 1.29 is 9.47 Å². The molecule has 0 radical (unpaired) electrons. The van der Waals surface area contributed by atoms with Crippen molar-refractivity contribution in [1.29, 1.82) is 0 Å². The van der Waals surface area contributed by atoms with E-state index in [1.54, 1.807) is 13.3 Å². The van der Waals surface area contributed by atoms with E-state index < -0.39 is 0 Å². The van der Waals surface area contributed by atoms with Crippen molar-refractivity contribution in [3.63, 3.8) is 0 Å². The zero-order chi connectivity index (χ0) is 15.8. The van der Waals surface area contributed by atoms with Crippen molar-refractivity contribution in [1.82, 2.24) is 14.9 Å². The van der Waals surface area contributed by atoms with Gasteiger partial charge in [0, 0.05) is 25.8 Å². The molecule has 1 aliphatic heterocycles. The van der Waals surface area contributed by atoms with E-state index in [4.69, 9.17) is 21.1 Å². The summed E-state index contributed by atoms with van der Waals surface area (Å²) in [6.45, 7) is 7.27. The van der Waals surface area contributed by atoms with Gasteiger partial charge in [-0.05, 0) is 31.5 Å². The van der Waals surface area contributed by atoms with Gasteiger partial charge in [-0.2, -0.15) is 9.97 Å². The minimum atomic E-state index is 0.122. The van der Waals surface area contributed by atoms with Crippen LogP contribution >= 0.6 is 11.6 Å². The number of methoxy groups -OCH3 is 1. The van der Waals surface area contributed by atoms with Gasteiger partial charge in [0.2, 0.25) is 11.2 Å². The highest BCUT2D eigenvalue weighted by molar-refractivity contribution is 6.28. The lowest BCUT2D eigenvalue weighted by Gasteiger charge is -2.26. The molecule has 1 aliphatic rings. The smallest absolute Gasteiger partial charge is 0.243 e. The Kier molecular flexibility index (Phi) is 6.82.